The molecule has 0 aliphatic heterocycles. The number of nitrogens with two attached hydrogens (primary N) is 1. The molecular formula is C8H4IN3O3. The molecule has 0 unspecified atom stereocenters. The van der Waals surface area contributed by atoms with Gasteiger partial charge in [-0.2, -0.15) is 5.26 Å². The Hall–Kier alpha value is -1.69. The summed E-state index contributed by atoms with van der Waals surface area (Å²) in [5.74, 6) is -0.920. The topological polar surface area (TPSA) is 110 Å². The predicted octanol–water partition coefficient (Wildman–Crippen LogP) is 1.17. The molecule has 1 amide bonds. The Morgan fingerprint density at radius 1 is 1.60 bits per heavy atom. The summed E-state index contributed by atoms with van der Waals surface area (Å²) in [6, 6.07) is 4.26. The van der Waals surface area contributed by atoms with Crippen LogP contribution in [0.3, 0.4) is 0 Å². The third kappa shape index (κ3) is 2.21. The lowest BCUT2D eigenvalue weighted by molar-refractivity contribution is -0.385. The molecule has 0 atom stereocenters. The number of nitrogens with zero attached hydrogens (tertiary/aromatic N) is 2. The van der Waals surface area contributed by atoms with Crippen molar-refractivity contribution in [3.63, 3.8) is 0 Å². The molecule has 1 aromatic rings. The van der Waals surface area contributed by atoms with Crippen molar-refractivity contribution in [2.45, 2.75) is 0 Å². The van der Waals surface area contributed by atoms with Gasteiger partial charge in [-0.1, -0.05) is 0 Å². The van der Waals surface area contributed by atoms with E-state index < -0.39 is 16.5 Å². The average Bonchev–Trinajstić information content (AvgIpc) is 2.15. The van der Waals surface area contributed by atoms with E-state index in [1.54, 1.807) is 6.07 Å². The van der Waals surface area contributed by atoms with E-state index in [1.165, 1.54) is 12.1 Å². The number of nitro benzene ring substituents is 1. The van der Waals surface area contributed by atoms with Crippen LogP contribution in [0.15, 0.2) is 12.1 Å². The van der Waals surface area contributed by atoms with Crippen LogP contribution in [0.5, 0.6) is 0 Å². The minimum atomic E-state index is -0.920. The Balaban J connectivity index is 3.64. The van der Waals surface area contributed by atoms with Crippen molar-refractivity contribution in [3.05, 3.63) is 36.9 Å². The number of amides is 1. The molecule has 76 valence electrons. The highest BCUT2D eigenvalue weighted by Crippen LogP contribution is 2.25. The molecule has 0 heterocycles. The first kappa shape index (κ1) is 11.4. The Morgan fingerprint density at radius 2 is 2.20 bits per heavy atom. The summed E-state index contributed by atoms with van der Waals surface area (Å²) in [6.07, 6.45) is 0. The second kappa shape index (κ2) is 4.22. The third-order valence-corrected chi connectivity index (χ3v) is 2.27. The van der Waals surface area contributed by atoms with E-state index in [4.69, 9.17) is 11.0 Å². The molecule has 0 radical (unpaired) electrons. The maximum absolute atomic E-state index is 11.0. The van der Waals surface area contributed by atoms with Crippen LogP contribution in [-0.4, -0.2) is 10.8 Å². The summed E-state index contributed by atoms with van der Waals surface area (Å²) in [5.41, 5.74) is 4.04. The monoisotopic (exact) mass is 317 g/mol. The first-order chi connectivity index (χ1) is 6.97. The number of carbonyl (C=O) groups is 1. The summed E-state index contributed by atoms with van der Waals surface area (Å²) in [4.78, 5) is 20.8. The van der Waals surface area contributed by atoms with Crippen molar-refractivity contribution in [1.82, 2.24) is 0 Å². The first-order valence-electron chi connectivity index (χ1n) is 3.65. The van der Waals surface area contributed by atoms with Crippen molar-refractivity contribution in [1.29, 1.82) is 5.26 Å². The van der Waals surface area contributed by atoms with Crippen LogP contribution in [0.2, 0.25) is 0 Å². The summed E-state index contributed by atoms with van der Waals surface area (Å²) < 4.78 is 0.545. The van der Waals surface area contributed by atoms with Crippen LogP contribution in [-0.2, 0) is 0 Å². The van der Waals surface area contributed by atoms with Crippen LogP contribution in [0.1, 0.15) is 15.9 Å². The van der Waals surface area contributed by atoms with E-state index in [0.717, 1.165) is 0 Å². The Morgan fingerprint density at radius 3 is 2.60 bits per heavy atom. The fourth-order valence-electron chi connectivity index (χ4n) is 1.07. The molecule has 0 aliphatic rings. The molecule has 2 N–H and O–H groups in total. The van der Waals surface area contributed by atoms with Gasteiger partial charge in [0.1, 0.15) is 17.2 Å². The lowest BCUT2D eigenvalue weighted by Crippen LogP contribution is -2.14. The molecule has 6 nitrogen and oxygen atoms in total. The minimum Gasteiger partial charge on any atom is -0.365 e. The molecule has 7 heteroatoms. The maximum Gasteiger partial charge on any atom is 0.299 e. The molecule has 0 fully saturated rings. The van der Waals surface area contributed by atoms with Gasteiger partial charge in [0, 0.05) is 3.57 Å². The fraction of sp³-hybridized carbons (Fsp3) is 0. The van der Waals surface area contributed by atoms with Gasteiger partial charge in [-0.15, -0.1) is 0 Å². The number of carbonyl (C=O) groups excluding carboxylic acids is 1. The lowest BCUT2D eigenvalue weighted by atomic mass is 10.1. The van der Waals surface area contributed by atoms with Crippen LogP contribution < -0.4 is 5.73 Å². The highest BCUT2D eigenvalue weighted by Gasteiger charge is 2.23. The second-order valence-corrected chi connectivity index (χ2v) is 3.83. The van der Waals surface area contributed by atoms with Crippen LogP contribution in [0, 0.1) is 25.0 Å². The summed E-state index contributed by atoms with van der Waals surface area (Å²) in [5, 5.41) is 19.3. The molecule has 15 heavy (non-hydrogen) atoms. The van der Waals surface area contributed by atoms with Gasteiger partial charge in [-0.3, -0.25) is 14.9 Å². The van der Waals surface area contributed by atoms with E-state index in [9.17, 15) is 14.9 Å². The van der Waals surface area contributed by atoms with Crippen LogP contribution in [0.25, 0.3) is 0 Å². The smallest absolute Gasteiger partial charge is 0.299 e. The number of nitro groups is 1. The van der Waals surface area contributed by atoms with Crippen molar-refractivity contribution in [3.8, 4) is 6.07 Å². The van der Waals surface area contributed by atoms with Gasteiger partial charge in [0.05, 0.1) is 4.92 Å². The van der Waals surface area contributed by atoms with Crippen molar-refractivity contribution < 1.29 is 9.72 Å². The van der Waals surface area contributed by atoms with Gasteiger partial charge in [-0.25, -0.2) is 0 Å². The molecule has 1 aromatic carbocycles. The van der Waals surface area contributed by atoms with E-state index in [1.807, 2.05) is 22.6 Å². The summed E-state index contributed by atoms with van der Waals surface area (Å²) in [6.45, 7) is 0. The molecule has 0 bridgehead atoms. The quantitative estimate of drug-likeness (QED) is 0.501. The van der Waals surface area contributed by atoms with Gasteiger partial charge in [-0.05, 0) is 34.7 Å². The molecule has 0 aliphatic carbocycles. The molecule has 0 saturated heterocycles. The van der Waals surface area contributed by atoms with Crippen molar-refractivity contribution in [2.24, 2.45) is 5.73 Å². The number of hydrogen-bond donors (Lipinski definition) is 1. The number of hydrogen-bond acceptors (Lipinski definition) is 4. The van der Waals surface area contributed by atoms with Crippen molar-refractivity contribution >= 4 is 34.2 Å². The molecule has 0 spiro atoms. The zero-order valence-electron chi connectivity index (χ0n) is 7.23. The van der Waals surface area contributed by atoms with E-state index in [-0.39, 0.29) is 11.1 Å². The summed E-state index contributed by atoms with van der Waals surface area (Å²) in [7, 11) is 0. The number of halogens is 1. The van der Waals surface area contributed by atoms with Crippen molar-refractivity contribution in [2.75, 3.05) is 0 Å². The normalized spacial score (nSPS) is 9.33. The van der Waals surface area contributed by atoms with Crippen LogP contribution in [0.4, 0.5) is 5.69 Å². The number of benzene rings is 1. The predicted molar refractivity (Wildman–Crippen MR) is 59.0 cm³/mol. The Kier molecular flexibility index (Phi) is 3.21. The Labute approximate surface area is 98.0 Å². The highest BCUT2D eigenvalue weighted by atomic mass is 127. The van der Waals surface area contributed by atoms with E-state index >= 15 is 0 Å². The molecule has 1 rings (SSSR count). The lowest BCUT2D eigenvalue weighted by Gasteiger charge is -2.01. The molecule has 0 aromatic heterocycles. The summed E-state index contributed by atoms with van der Waals surface area (Å²) >= 11 is 1.85. The average molecular weight is 317 g/mol. The molecule has 0 saturated carbocycles. The number of primary amides is 1. The highest BCUT2D eigenvalue weighted by molar-refractivity contribution is 14.1. The Bertz CT molecular complexity index is 493. The SMILES string of the molecule is N#Cc1cc(I)cc(C(N)=O)c1[N+](=O)[O-]. The van der Waals surface area contributed by atoms with Gasteiger partial charge in [0.2, 0.25) is 0 Å². The zero-order chi connectivity index (χ0) is 11.6. The van der Waals surface area contributed by atoms with Gasteiger partial charge in [0.15, 0.2) is 0 Å². The first-order valence-corrected chi connectivity index (χ1v) is 4.73. The maximum atomic E-state index is 11.0. The fourth-order valence-corrected chi connectivity index (χ4v) is 1.69. The number of rotatable bonds is 2. The standard InChI is InChI=1S/C8H4IN3O3/c9-5-1-4(3-10)7(12(14)15)6(2-5)8(11)13/h1-2H,(H2,11,13). The van der Waals surface area contributed by atoms with Gasteiger partial charge in [0.25, 0.3) is 11.6 Å². The second-order valence-electron chi connectivity index (χ2n) is 2.58. The van der Waals surface area contributed by atoms with Crippen LogP contribution >= 0.6 is 22.6 Å². The van der Waals surface area contributed by atoms with E-state index in [0.29, 0.717) is 3.57 Å². The third-order valence-electron chi connectivity index (χ3n) is 1.64. The zero-order valence-corrected chi connectivity index (χ0v) is 9.39. The minimum absolute atomic E-state index is 0.166. The number of nitriles is 1. The molecular weight excluding hydrogens is 313 g/mol. The van der Waals surface area contributed by atoms with Gasteiger partial charge >= 0.3 is 0 Å². The van der Waals surface area contributed by atoms with Gasteiger partial charge < -0.3 is 5.73 Å². The van der Waals surface area contributed by atoms with E-state index in [2.05, 4.69) is 0 Å². The largest absolute Gasteiger partial charge is 0.365 e.